The van der Waals surface area contributed by atoms with E-state index < -0.39 is 0 Å². The molecular weight excluding hydrogens is 312 g/mol. The highest BCUT2D eigenvalue weighted by Crippen LogP contribution is 2.24. The van der Waals surface area contributed by atoms with Crippen LogP contribution in [0, 0.1) is 0 Å². The second-order valence-corrected chi connectivity index (χ2v) is 6.38. The Kier molecular flexibility index (Phi) is 6.09. The average molecular weight is 338 g/mol. The van der Waals surface area contributed by atoms with Crippen LogP contribution in [0.3, 0.4) is 0 Å². The fourth-order valence-electron chi connectivity index (χ4n) is 3.08. The molecule has 0 saturated carbocycles. The van der Waals surface area contributed by atoms with E-state index in [1.807, 2.05) is 18.2 Å². The van der Waals surface area contributed by atoms with Gasteiger partial charge in [0.05, 0.1) is 7.11 Å². The maximum atomic E-state index is 10.1. The third-order valence-corrected chi connectivity index (χ3v) is 4.62. The maximum Gasteiger partial charge on any atom is 0.123 e. The van der Waals surface area contributed by atoms with Gasteiger partial charge in [0.2, 0.25) is 0 Å². The summed E-state index contributed by atoms with van der Waals surface area (Å²) in [6.07, 6.45) is 4.42. The van der Waals surface area contributed by atoms with Crippen molar-refractivity contribution in [2.24, 2.45) is 0 Å². The molecule has 0 bridgehead atoms. The van der Waals surface area contributed by atoms with Crippen LogP contribution in [-0.2, 0) is 6.54 Å². The van der Waals surface area contributed by atoms with E-state index in [1.165, 1.54) is 5.56 Å². The zero-order valence-corrected chi connectivity index (χ0v) is 14.8. The highest BCUT2D eigenvalue weighted by atomic mass is 16.5. The minimum Gasteiger partial charge on any atom is -0.507 e. The number of phenolic OH excluding ortho intramolecular Hbond substituents is 1. The van der Waals surface area contributed by atoms with Crippen molar-refractivity contribution in [3.63, 3.8) is 0 Å². The molecule has 0 aromatic heterocycles. The van der Waals surface area contributed by atoms with E-state index >= 15 is 0 Å². The minimum atomic E-state index is 0.313. The minimum absolute atomic E-state index is 0.313. The molecule has 0 amide bonds. The fraction of sp³-hybridized carbons (Fsp3) is 0.333. The lowest BCUT2D eigenvalue weighted by Gasteiger charge is -2.34. The van der Waals surface area contributed by atoms with Crippen LogP contribution >= 0.6 is 0 Å². The van der Waals surface area contributed by atoms with E-state index in [9.17, 15) is 5.11 Å². The molecule has 1 aliphatic heterocycles. The van der Waals surface area contributed by atoms with E-state index in [-0.39, 0.29) is 0 Å². The number of nitrogens with zero attached hydrogens (tertiary/aromatic N) is 2. The molecule has 1 fully saturated rings. The second-order valence-electron chi connectivity index (χ2n) is 6.38. The molecule has 132 valence electrons. The monoisotopic (exact) mass is 338 g/mol. The van der Waals surface area contributed by atoms with Crippen LogP contribution < -0.4 is 4.74 Å². The lowest BCUT2D eigenvalue weighted by Crippen LogP contribution is -2.45. The van der Waals surface area contributed by atoms with Gasteiger partial charge in [0, 0.05) is 50.9 Å². The SMILES string of the molecule is COc1ccc(CN2CCN(CC=Cc3ccccc3)CC2)c(O)c1. The van der Waals surface area contributed by atoms with E-state index in [0.717, 1.165) is 44.8 Å². The number of methoxy groups -OCH3 is 1. The van der Waals surface area contributed by atoms with Crippen LogP contribution in [0.15, 0.2) is 54.6 Å². The number of hydrogen-bond acceptors (Lipinski definition) is 4. The molecule has 25 heavy (non-hydrogen) atoms. The van der Waals surface area contributed by atoms with Crippen molar-refractivity contribution in [1.29, 1.82) is 0 Å². The Morgan fingerprint density at radius 3 is 2.40 bits per heavy atom. The number of piperazine rings is 1. The van der Waals surface area contributed by atoms with E-state index in [1.54, 1.807) is 13.2 Å². The molecule has 0 atom stereocenters. The van der Waals surface area contributed by atoms with Gasteiger partial charge in [-0.2, -0.15) is 0 Å². The summed E-state index contributed by atoms with van der Waals surface area (Å²) in [5.41, 5.74) is 2.20. The van der Waals surface area contributed by atoms with E-state index in [4.69, 9.17) is 4.74 Å². The van der Waals surface area contributed by atoms with Crippen LogP contribution in [0.4, 0.5) is 0 Å². The number of aromatic hydroxyl groups is 1. The summed E-state index contributed by atoms with van der Waals surface area (Å²) in [5.74, 6) is 1.00. The molecule has 4 heteroatoms. The van der Waals surface area contributed by atoms with Gasteiger partial charge in [0.25, 0.3) is 0 Å². The third kappa shape index (κ3) is 5.08. The Hall–Kier alpha value is -2.30. The van der Waals surface area contributed by atoms with Gasteiger partial charge in [0.15, 0.2) is 0 Å². The topological polar surface area (TPSA) is 35.9 Å². The molecule has 1 aliphatic rings. The quantitative estimate of drug-likeness (QED) is 0.877. The molecule has 2 aromatic carbocycles. The van der Waals surface area contributed by atoms with Crippen molar-refractivity contribution in [1.82, 2.24) is 9.80 Å². The van der Waals surface area contributed by atoms with Gasteiger partial charge in [-0.15, -0.1) is 0 Å². The highest BCUT2D eigenvalue weighted by Gasteiger charge is 2.17. The molecule has 0 radical (unpaired) electrons. The van der Waals surface area contributed by atoms with Gasteiger partial charge in [-0.25, -0.2) is 0 Å². The molecule has 0 spiro atoms. The van der Waals surface area contributed by atoms with Crippen molar-refractivity contribution < 1.29 is 9.84 Å². The molecule has 1 saturated heterocycles. The summed E-state index contributed by atoms with van der Waals surface area (Å²) < 4.78 is 5.14. The summed E-state index contributed by atoms with van der Waals surface area (Å²) in [7, 11) is 1.61. The third-order valence-electron chi connectivity index (χ3n) is 4.62. The van der Waals surface area contributed by atoms with Crippen LogP contribution in [0.25, 0.3) is 6.08 Å². The maximum absolute atomic E-state index is 10.1. The zero-order chi connectivity index (χ0) is 17.5. The number of hydrogen-bond donors (Lipinski definition) is 1. The lowest BCUT2D eigenvalue weighted by atomic mass is 10.1. The average Bonchev–Trinajstić information content (AvgIpc) is 2.65. The molecule has 0 unspecified atom stereocenters. The predicted octanol–water partition coefficient (Wildman–Crippen LogP) is 3.23. The van der Waals surface area contributed by atoms with E-state index in [0.29, 0.717) is 11.5 Å². The van der Waals surface area contributed by atoms with Gasteiger partial charge < -0.3 is 9.84 Å². The Morgan fingerprint density at radius 2 is 1.72 bits per heavy atom. The van der Waals surface area contributed by atoms with Gasteiger partial charge in [-0.3, -0.25) is 9.80 Å². The summed E-state index contributed by atoms with van der Waals surface area (Å²) in [6, 6.07) is 15.9. The highest BCUT2D eigenvalue weighted by molar-refractivity contribution is 5.48. The van der Waals surface area contributed by atoms with Crippen molar-refractivity contribution in [3.05, 3.63) is 65.7 Å². The fourth-order valence-corrected chi connectivity index (χ4v) is 3.08. The Balaban J connectivity index is 1.45. The first kappa shape index (κ1) is 17.5. The first-order valence-electron chi connectivity index (χ1n) is 8.77. The summed E-state index contributed by atoms with van der Waals surface area (Å²) in [4.78, 5) is 4.85. The second kappa shape index (κ2) is 8.70. The number of ether oxygens (including phenoxy) is 1. The largest absolute Gasteiger partial charge is 0.507 e. The normalized spacial score (nSPS) is 16.4. The van der Waals surface area contributed by atoms with Gasteiger partial charge in [0.1, 0.15) is 11.5 Å². The van der Waals surface area contributed by atoms with Crippen LogP contribution in [-0.4, -0.2) is 54.7 Å². The van der Waals surface area contributed by atoms with E-state index in [2.05, 4.69) is 46.2 Å². The van der Waals surface area contributed by atoms with Crippen molar-refractivity contribution in [2.75, 3.05) is 39.8 Å². The molecule has 0 aliphatic carbocycles. The summed E-state index contributed by atoms with van der Waals surface area (Å²) in [5, 5.41) is 10.1. The summed E-state index contributed by atoms with van der Waals surface area (Å²) in [6.45, 7) is 5.90. The van der Waals surface area contributed by atoms with Crippen LogP contribution in [0.1, 0.15) is 11.1 Å². The number of phenols is 1. The predicted molar refractivity (Wildman–Crippen MR) is 102 cm³/mol. The van der Waals surface area contributed by atoms with Gasteiger partial charge in [-0.05, 0) is 11.6 Å². The Labute approximate surface area is 150 Å². The van der Waals surface area contributed by atoms with Crippen molar-refractivity contribution >= 4 is 6.08 Å². The number of rotatable bonds is 6. The van der Waals surface area contributed by atoms with Crippen LogP contribution in [0.5, 0.6) is 11.5 Å². The van der Waals surface area contributed by atoms with Gasteiger partial charge in [-0.1, -0.05) is 48.6 Å². The number of benzene rings is 2. The molecule has 1 heterocycles. The Bertz CT molecular complexity index is 692. The molecule has 1 N–H and O–H groups in total. The zero-order valence-electron chi connectivity index (χ0n) is 14.8. The van der Waals surface area contributed by atoms with Crippen LogP contribution in [0.2, 0.25) is 0 Å². The standard InChI is InChI=1S/C21H26N2O2/c1-25-20-10-9-19(21(24)16-20)17-23-14-12-22(13-15-23)11-5-8-18-6-3-2-4-7-18/h2-10,16,24H,11-15,17H2,1H3. The molecular formula is C21H26N2O2. The lowest BCUT2D eigenvalue weighted by molar-refractivity contribution is 0.136. The van der Waals surface area contributed by atoms with Crippen molar-refractivity contribution in [2.45, 2.75) is 6.54 Å². The van der Waals surface area contributed by atoms with Crippen molar-refractivity contribution in [3.8, 4) is 11.5 Å². The summed E-state index contributed by atoms with van der Waals surface area (Å²) >= 11 is 0. The van der Waals surface area contributed by atoms with Gasteiger partial charge >= 0.3 is 0 Å². The first-order valence-corrected chi connectivity index (χ1v) is 8.77. The Morgan fingerprint density at radius 1 is 1.00 bits per heavy atom. The molecule has 4 nitrogen and oxygen atoms in total. The first-order chi connectivity index (χ1) is 12.2. The molecule has 3 rings (SSSR count). The smallest absolute Gasteiger partial charge is 0.123 e. The molecule has 2 aromatic rings.